The maximum absolute atomic E-state index is 12.9. The van der Waals surface area contributed by atoms with Gasteiger partial charge in [0, 0.05) is 11.3 Å². The second-order valence-corrected chi connectivity index (χ2v) is 9.15. The van der Waals surface area contributed by atoms with Gasteiger partial charge in [0.05, 0.1) is 6.61 Å². The number of aliphatic hydroxyl groups excluding tert-OH is 2. The average molecular weight is 368 g/mol. The molecule has 0 aromatic rings. The van der Waals surface area contributed by atoms with Crippen LogP contribution in [0.2, 0.25) is 0 Å². The van der Waals surface area contributed by atoms with Crippen LogP contribution in [0.4, 0.5) is 0 Å². The predicted octanol–water partition coefficient (Wildman–Crippen LogP) is 0.351. The molecule has 3 N–H and O–H groups in total. The summed E-state index contributed by atoms with van der Waals surface area (Å²) < 4.78 is 11.7. The Morgan fingerprint density at radius 3 is 2.50 bits per heavy atom. The Hall–Kier alpha value is -1.28. The largest absolute Gasteiger partial charge is 0.456 e. The zero-order chi connectivity index (χ0) is 19.9. The molecule has 1 saturated heterocycles. The van der Waals surface area contributed by atoms with Crippen molar-refractivity contribution in [2.24, 2.45) is 17.3 Å². The number of rotatable bonds is 4. The van der Waals surface area contributed by atoms with Crippen LogP contribution in [0.5, 0.6) is 0 Å². The summed E-state index contributed by atoms with van der Waals surface area (Å²) in [5.41, 5.74) is -4.83. The number of esters is 1. The van der Waals surface area contributed by atoms with Crippen molar-refractivity contribution >= 4 is 11.8 Å². The van der Waals surface area contributed by atoms with E-state index in [9.17, 15) is 24.9 Å². The number of epoxide rings is 1. The lowest BCUT2D eigenvalue weighted by molar-refractivity contribution is -0.176. The van der Waals surface area contributed by atoms with Crippen molar-refractivity contribution in [3.63, 3.8) is 0 Å². The first-order valence-electron chi connectivity index (χ1n) is 8.92. The zero-order valence-electron chi connectivity index (χ0n) is 15.9. The lowest BCUT2D eigenvalue weighted by atomic mass is 9.64. The molecule has 3 fully saturated rings. The van der Waals surface area contributed by atoms with Gasteiger partial charge in [-0.1, -0.05) is 27.4 Å². The molecule has 3 rings (SSSR count). The summed E-state index contributed by atoms with van der Waals surface area (Å²) in [7, 11) is 0. The summed E-state index contributed by atoms with van der Waals surface area (Å²) in [4.78, 5) is 25.3. The number of ether oxygens (including phenoxy) is 2. The van der Waals surface area contributed by atoms with E-state index < -0.39 is 58.7 Å². The molecule has 2 aliphatic carbocycles. The summed E-state index contributed by atoms with van der Waals surface area (Å²) in [6, 6.07) is 0. The highest BCUT2D eigenvalue weighted by molar-refractivity contribution is 6.00. The third kappa shape index (κ3) is 2.14. The van der Waals surface area contributed by atoms with E-state index in [1.54, 1.807) is 6.92 Å². The van der Waals surface area contributed by atoms with E-state index in [2.05, 4.69) is 6.58 Å². The van der Waals surface area contributed by atoms with Crippen LogP contribution in [0, 0.1) is 17.3 Å². The van der Waals surface area contributed by atoms with Gasteiger partial charge in [0.2, 0.25) is 5.78 Å². The van der Waals surface area contributed by atoms with Crippen LogP contribution in [-0.4, -0.2) is 62.7 Å². The van der Waals surface area contributed by atoms with E-state index in [0.29, 0.717) is 6.42 Å². The van der Waals surface area contributed by atoms with Crippen LogP contribution in [-0.2, 0) is 19.1 Å². The van der Waals surface area contributed by atoms with Crippen LogP contribution in [0.15, 0.2) is 12.2 Å². The van der Waals surface area contributed by atoms with Crippen LogP contribution < -0.4 is 0 Å². The van der Waals surface area contributed by atoms with E-state index in [0.717, 1.165) is 0 Å². The van der Waals surface area contributed by atoms with Crippen molar-refractivity contribution in [2.45, 2.75) is 70.1 Å². The minimum absolute atomic E-state index is 0.153. The Morgan fingerprint density at radius 2 is 2.00 bits per heavy atom. The van der Waals surface area contributed by atoms with Gasteiger partial charge < -0.3 is 24.8 Å². The Bertz CT molecular complexity index is 676. The second kappa shape index (κ2) is 5.38. The number of carbonyl (C=O) groups is 2. The summed E-state index contributed by atoms with van der Waals surface area (Å²) in [6.45, 7) is 11.6. The van der Waals surface area contributed by atoms with Crippen LogP contribution in [0.1, 0.15) is 41.0 Å². The molecule has 0 bridgehead atoms. The molecule has 1 spiro atoms. The summed E-state index contributed by atoms with van der Waals surface area (Å²) in [5, 5.41) is 30.1. The van der Waals surface area contributed by atoms with E-state index in [4.69, 9.17) is 9.47 Å². The van der Waals surface area contributed by atoms with Crippen molar-refractivity contribution in [3.8, 4) is 0 Å². The molecule has 2 saturated carbocycles. The van der Waals surface area contributed by atoms with E-state index in [1.165, 1.54) is 13.8 Å². The fraction of sp³-hybridized carbons (Fsp3) is 0.789. The van der Waals surface area contributed by atoms with Crippen molar-refractivity contribution in [1.82, 2.24) is 0 Å². The molecule has 0 amide bonds. The van der Waals surface area contributed by atoms with Crippen molar-refractivity contribution < 1.29 is 34.4 Å². The third-order valence-electron chi connectivity index (χ3n) is 6.39. The number of carbonyl (C=O) groups excluding carboxylic acids is 2. The molecule has 146 valence electrons. The summed E-state index contributed by atoms with van der Waals surface area (Å²) >= 11 is 0. The van der Waals surface area contributed by atoms with Gasteiger partial charge in [0.15, 0.2) is 16.8 Å². The third-order valence-corrected chi connectivity index (χ3v) is 6.39. The van der Waals surface area contributed by atoms with E-state index in [-0.39, 0.29) is 11.5 Å². The highest BCUT2D eigenvalue weighted by Gasteiger charge is 2.89. The maximum Gasteiger partial charge on any atom is 0.337 e. The van der Waals surface area contributed by atoms with Gasteiger partial charge in [-0.15, -0.1) is 0 Å². The smallest absolute Gasteiger partial charge is 0.337 e. The molecule has 7 heteroatoms. The topological polar surface area (TPSA) is 117 Å². The minimum atomic E-state index is -1.69. The second-order valence-electron chi connectivity index (χ2n) is 9.15. The van der Waals surface area contributed by atoms with Crippen LogP contribution in [0.25, 0.3) is 0 Å². The van der Waals surface area contributed by atoms with Crippen molar-refractivity contribution in [3.05, 3.63) is 12.2 Å². The Morgan fingerprint density at radius 1 is 1.42 bits per heavy atom. The van der Waals surface area contributed by atoms with Crippen LogP contribution >= 0.6 is 0 Å². The SMILES string of the molecule is C=C(CO)C12OC13C(CC(C)(C)C3OC(=O)C(C)(C)O)C(C)C(O)C2=O. The average Bonchev–Trinajstić information content (AvgIpc) is 3.18. The predicted molar refractivity (Wildman–Crippen MR) is 91.0 cm³/mol. The maximum atomic E-state index is 12.9. The van der Waals surface area contributed by atoms with Gasteiger partial charge in [-0.05, 0) is 31.8 Å². The highest BCUT2D eigenvalue weighted by Crippen LogP contribution is 2.72. The molecule has 0 radical (unpaired) electrons. The number of ketones is 1. The Balaban J connectivity index is 2.11. The quantitative estimate of drug-likeness (QED) is 0.372. The van der Waals surface area contributed by atoms with Crippen LogP contribution in [0.3, 0.4) is 0 Å². The first-order chi connectivity index (χ1) is 11.8. The number of aliphatic hydroxyl groups is 3. The van der Waals surface area contributed by atoms with Gasteiger partial charge >= 0.3 is 5.97 Å². The first kappa shape index (κ1) is 19.5. The van der Waals surface area contributed by atoms with Crippen molar-refractivity contribution in [2.75, 3.05) is 6.61 Å². The number of Topliss-reactive ketones (excluding diaryl/α,β-unsaturated/α-hetero) is 1. The number of hydrogen-bond acceptors (Lipinski definition) is 7. The minimum Gasteiger partial charge on any atom is -0.456 e. The Labute approximate surface area is 153 Å². The molecular formula is C19H28O7. The lowest BCUT2D eigenvalue weighted by Gasteiger charge is -2.38. The van der Waals surface area contributed by atoms with Gasteiger partial charge in [-0.25, -0.2) is 4.79 Å². The van der Waals surface area contributed by atoms with Crippen molar-refractivity contribution in [1.29, 1.82) is 0 Å². The first-order valence-corrected chi connectivity index (χ1v) is 8.92. The Kier molecular flexibility index (Phi) is 4.03. The van der Waals surface area contributed by atoms with Gasteiger partial charge in [0.25, 0.3) is 0 Å². The summed E-state index contributed by atoms with van der Waals surface area (Å²) in [5.74, 6) is -2.01. The van der Waals surface area contributed by atoms with Gasteiger partial charge in [-0.3, -0.25) is 4.79 Å². The molecule has 1 aliphatic heterocycles. The highest BCUT2D eigenvalue weighted by atomic mass is 16.7. The van der Waals surface area contributed by atoms with E-state index in [1.807, 2.05) is 13.8 Å². The zero-order valence-corrected chi connectivity index (χ0v) is 15.9. The molecule has 7 nitrogen and oxygen atoms in total. The number of hydrogen-bond donors (Lipinski definition) is 3. The summed E-state index contributed by atoms with van der Waals surface area (Å²) in [6.07, 6.45) is -1.50. The molecule has 0 aromatic heterocycles. The fourth-order valence-electron chi connectivity index (χ4n) is 5.02. The molecule has 1 heterocycles. The monoisotopic (exact) mass is 368 g/mol. The molecule has 6 atom stereocenters. The molecule has 6 unspecified atom stereocenters. The fourth-order valence-corrected chi connectivity index (χ4v) is 5.02. The lowest BCUT2D eigenvalue weighted by Crippen LogP contribution is -2.58. The van der Waals surface area contributed by atoms with E-state index >= 15 is 0 Å². The molecule has 26 heavy (non-hydrogen) atoms. The molecule has 0 aromatic carbocycles. The standard InChI is InChI=1S/C19H28O7/c1-9(8-20)18-13(22)12(21)10(2)11-7-16(3,4)14(19(11,18)26-18)25-15(23)17(5,6)24/h10-12,14,20-21,24H,1,7-8H2,2-6H3. The van der Waals surface area contributed by atoms with Gasteiger partial charge in [-0.2, -0.15) is 0 Å². The molecular weight excluding hydrogens is 340 g/mol. The van der Waals surface area contributed by atoms with Gasteiger partial charge in [0.1, 0.15) is 12.2 Å². The molecule has 3 aliphatic rings. The normalized spacial score (nSPS) is 43.5.